The van der Waals surface area contributed by atoms with Gasteiger partial charge in [-0.15, -0.1) is 0 Å². The van der Waals surface area contributed by atoms with E-state index in [1.807, 2.05) is 0 Å². The maximum absolute atomic E-state index is 12.1. The molecule has 4 rings (SSSR count). The third-order valence-electron chi connectivity index (χ3n) is 5.91. The minimum absolute atomic E-state index is 0.0341. The Labute approximate surface area is 120 Å². The van der Waals surface area contributed by atoms with Gasteiger partial charge in [-0.25, -0.2) is 0 Å². The third-order valence-corrected chi connectivity index (χ3v) is 5.91. The molecule has 1 aliphatic heterocycles. The van der Waals surface area contributed by atoms with Gasteiger partial charge in [0.25, 0.3) is 0 Å². The van der Waals surface area contributed by atoms with Crippen molar-refractivity contribution in [2.45, 2.75) is 45.8 Å². The van der Waals surface area contributed by atoms with Crippen LogP contribution in [0.1, 0.15) is 39.5 Å². The first-order valence-electron chi connectivity index (χ1n) is 7.92. The number of carbonyl (C=O) groups is 1. The average molecular weight is 276 g/mol. The first-order chi connectivity index (χ1) is 9.50. The van der Waals surface area contributed by atoms with Gasteiger partial charge in [-0.2, -0.15) is 0 Å². The smallest absolute Gasteiger partial charge is 0.163 e. The van der Waals surface area contributed by atoms with Crippen LogP contribution in [0.25, 0.3) is 0 Å². The van der Waals surface area contributed by atoms with Crippen molar-refractivity contribution in [2.75, 3.05) is 13.2 Å². The molecule has 0 unspecified atom stereocenters. The molecule has 0 aromatic carbocycles. The highest BCUT2D eigenvalue weighted by Gasteiger charge is 2.63. The van der Waals surface area contributed by atoms with Crippen LogP contribution in [0.5, 0.6) is 0 Å². The van der Waals surface area contributed by atoms with Crippen molar-refractivity contribution < 1.29 is 14.3 Å². The second-order valence-corrected chi connectivity index (χ2v) is 8.07. The normalized spacial score (nSPS) is 46.7. The van der Waals surface area contributed by atoms with Gasteiger partial charge in [-0.05, 0) is 30.6 Å². The second-order valence-electron chi connectivity index (χ2n) is 8.07. The number of fused-ring (bicyclic) bond motifs is 3. The standard InChI is InChI=1S/C17H24O3/c1-16(2)9-19-15(20-10-16)17-7-11-4-3-5-13(11)14(17)6-12(18)8-17/h3-4,11,13-15H,5-10H2,1-2H3/t11-,13-,14+,17-/m0/s1. The van der Waals surface area contributed by atoms with Gasteiger partial charge in [0.05, 0.1) is 13.2 Å². The molecule has 3 nitrogen and oxygen atoms in total. The number of ketones is 1. The molecule has 110 valence electrons. The summed E-state index contributed by atoms with van der Waals surface area (Å²) in [5.41, 5.74) is 0.0628. The van der Waals surface area contributed by atoms with Crippen LogP contribution >= 0.6 is 0 Å². The average Bonchev–Trinajstić information content (AvgIpc) is 2.99. The van der Waals surface area contributed by atoms with Gasteiger partial charge in [-0.3, -0.25) is 4.79 Å². The van der Waals surface area contributed by atoms with Crippen molar-refractivity contribution in [1.29, 1.82) is 0 Å². The first-order valence-corrected chi connectivity index (χ1v) is 7.92. The van der Waals surface area contributed by atoms with Gasteiger partial charge >= 0.3 is 0 Å². The molecule has 20 heavy (non-hydrogen) atoms. The van der Waals surface area contributed by atoms with E-state index in [2.05, 4.69) is 26.0 Å². The number of allylic oxidation sites excluding steroid dienone is 2. The molecule has 1 saturated heterocycles. The summed E-state index contributed by atoms with van der Waals surface area (Å²) >= 11 is 0. The first kappa shape index (κ1) is 13.0. The molecule has 0 bridgehead atoms. The van der Waals surface area contributed by atoms with Crippen LogP contribution in [0.4, 0.5) is 0 Å². The van der Waals surface area contributed by atoms with E-state index in [0.29, 0.717) is 30.0 Å². The van der Waals surface area contributed by atoms with Crippen LogP contribution < -0.4 is 0 Å². The number of hydrogen-bond acceptors (Lipinski definition) is 3. The lowest BCUT2D eigenvalue weighted by atomic mass is 9.76. The number of Topliss-reactive ketones (excluding diaryl/α,β-unsaturated/α-hetero) is 1. The molecule has 0 amide bonds. The summed E-state index contributed by atoms with van der Waals surface area (Å²) in [5, 5.41) is 0. The molecule has 1 heterocycles. The van der Waals surface area contributed by atoms with Crippen LogP contribution in [0.15, 0.2) is 12.2 Å². The van der Waals surface area contributed by atoms with Crippen molar-refractivity contribution in [3.63, 3.8) is 0 Å². The van der Waals surface area contributed by atoms with Crippen molar-refractivity contribution in [2.24, 2.45) is 28.6 Å². The van der Waals surface area contributed by atoms with Crippen LogP contribution in [0.3, 0.4) is 0 Å². The van der Waals surface area contributed by atoms with Crippen molar-refractivity contribution in [3.8, 4) is 0 Å². The second kappa shape index (κ2) is 4.17. The fourth-order valence-electron chi connectivity index (χ4n) is 5.05. The highest BCUT2D eigenvalue weighted by atomic mass is 16.7. The van der Waals surface area contributed by atoms with Gasteiger partial charge < -0.3 is 9.47 Å². The molecule has 0 spiro atoms. The lowest BCUT2D eigenvalue weighted by Gasteiger charge is -2.44. The van der Waals surface area contributed by atoms with Crippen molar-refractivity contribution in [3.05, 3.63) is 12.2 Å². The van der Waals surface area contributed by atoms with E-state index >= 15 is 0 Å². The highest BCUT2D eigenvalue weighted by molar-refractivity contribution is 5.82. The van der Waals surface area contributed by atoms with Crippen molar-refractivity contribution in [1.82, 2.24) is 0 Å². The summed E-state index contributed by atoms with van der Waals surface area (Å²) in [6.45, 7) is 5.82. The predicted octanol–water partition coefficient (Wildman–Crippen LogP) is 2.95. The summed E-state index contributed by atoms with van der Waals surface area (Å²) in [5.74, 6) is 2.19. The minimum Gasteiger partial charge on any atom is -0.351 e. The van der Waals surface area contributed by atoms with E-state index in [4.69, 9.17) is 9.47 Å². The Morgan fingerprint density at radius 2 is 2.00 bits per heavy atom. The van der Waals surface area contributed by atoms with E-state index in [-0.39, 0.29) is 17.1 Å². The van der Waals surface area contributed by atoms with Gasteiger partial charge in [0.2, 0.25) is 0 Å². The maximum Gasteiger partial charge on any atom is 0.163 e. The van der Waals surface area contributed by atoms with E-state index in [1.165, 1.54) is 0 Å². The molecule has 0 radical (unpaired) electrons. The lowest BCUT2D eigenvalue weighted by Crippen LogP contribution is -2.48. The monoisotopic (exact) mass is 276 g/mol. The van der Waals surface area contributed by atoms with Gasteiger partial charge in [-0.1, -0.05) is 26.0 Å². The molecule has 3 aliphatic carbocycles. The quantitative estimate of drug-likeness (QED) is 0.691. The third kappa shape index (κ3) is 1.75. The number of ether oxygens (including phenoxy) is 2. The topological polar surface area (TPSA) is 35.5 Å². The molecule has 4 atom stereocenters. The molecule has 0 aromatic rings. The molecular weight excluding hydrogens is 252 g/mol. The Balaban J connectivity index is 1.61. The number of hydrogen-bond donors (Lipinski definition) is 0. The molecule has 4 aliphatic rings. The molecule has 0 N–H and O–H groups in total. The largest absolute Gasteiger partial charge is 0.351 e. The predicted molar refractivity (Wildman–Crippen MR) is 75.0 cm³/mol. The summed E-state index contributed by atoms with van der Waals surface area (Å²) in [7, 11) is 0. The fourth-order valence-corrected chi connectivity index (χ4v) is 5.05. The van der Waals surface area contributed by atoms with E-state index < -0.39 is 0 Å². The molecule has 3 fully saturated rings. The molecule has 3 heteroatoms. The number of carbonyl (C=O) groups excluding carboxylic acids is 1. The lowest BCUT2D eigenvalue weighted by molar-refractivity contribution is -0.274. The van der Waals surface area contributed by atoms with E-state index in [1.54, 1.807) is 0 Å². The van der Waals surface area contributed by atoms with Crippen LogP contribution in [-0.4, -0.2) is 25.3 Å². The zero-order valence-electron chi connectivity index (χ0n) is 12.4. The van der Waals surface area contributed by atoms with Crippen LogP contribution in [0.2, 0.25) is 0 Å². The Kier molecular flexibility index (Phi) is 2.72. The molecule has 0 aromatic heterocycles. The highest BCUT2D eigenvalue weighted by Crippen LogP contribution is 2.63. The zero-order chi connectivity index (χ0) is 14.0. The van der Waals surface area contributed by atoms with Gasteiger partial charge in [0.1, 0.15) is 5.78 Å². The van der Waals surface area contributed by atoms with Gasteiger partial charge in [0, 0.05) is 23.7 Å². The Bertz CT molecular complexity index is 457. The van der Waals surface area contributed by atoms with Crippen molar-refractivity contribution >= 4 is 5.78 Å². The molecular formula is C17H24O3. The molecule has 2 saturated carbocycles. The summed E-state index contributed by atoms with van der Waals surface area (Å²) in [4.78, 5) is 12.1. The fraction of sp³-hybridized carbons (Fsp3) is 0.824. The summed E-state index contributed by atoms with van der Waals surface area (Å²) < 4.78 is 12.2. The van der Waals surface area contributed by atoms with Gasteiger partial charge in [0.15, 0.2) is 6.29 Å². The van der Waals surface area contributed by atoms with E-state index in [0.717, 1.165) is 32.5 Å². The maximum atomic E-state index is 12.1. The van der Waals surface area contributed by atoms with E-state index in [9.17, 15) is 4.79 Å². The SMILES string of the molecule is CC1(C)COC([C@@]23CC(=O)C[C@@H]2[C@H]2CC=C[C@H]2C3)OC1. The van der Waals surface area contributed by atoms with Crippen LogP contribution in [0, 0.1) is 28.6 Å². The zero-order valence-corrected chi connectivity index (χ0v) is 12.4. The minimum atomic E-state index is -0.161. The summed E-state index contributed by atoms with van der Waals surface area (Å²) in [6, 6.07) is 0. The Hall–Kier alpha value is -0.670. The number of rotatable bonds is 1. The summed E-state index contributed by atoms with van der Waals surface area (Å²) in [6.07, 6.45) is 8.14. The Morgan fingerprint density at radius 3 is 2.75 bits per heavy atom. The Morgan fingerprint density at radius 1 is 1.25 bits per heavy atom. The van der Waals surface area contributed by atoms with Crippen LogP contribution in [-0.2, 0) is 14.3 Å².